The molecule has 0 spiro atoms. The van der Waals surface area contributed by atoms with Crippen LogP contribution in [0, 0.1) is 0 Å². The summed E-state index contributed by atoms with van der Waals surface area (Å²) < 4.78 is 545. The second-order valence-electron chi connectivity index (χ2n) is 16.8. The smallest absolute Gasteiger partial charge is 0.237 e. The number of aromatic nitrogens is 2. The molecule has 76 heavy (non-hydrogen) atoms. The number of rotatable bonds is 28. The Balaban J connectivity index is 4.43. The summed E-state index contributed by atoms with van der Waals surface area (Å²) in [6, 6.07) is -11.7. The Morgan fingerprint density at radius 2 is 0.579 bits per heavy atom. The molecule has 2 nitrogen and oxygen atoms in total. The SMILES string of the molecule is CCCCn1cc[n+](CCC[Si](CCC(F)(F)C(F)(F)C(F)(F)C(F)(F)C(F)(F)C(F)(F)F)(CCC(F)(F)C(F)(F)C(F)(F)C(F)(F)C(F)(F)C(F)(F)F)CCC(F)(F)C(F)(F)C(F)(F)C(F)(F)C(F)(F)C(F)(F)F)c1. The highest BCUT2D eigenvalue weighted by Crippen LogP contribution is 2.65. The lowest BCUT2D eigenvalue weighted by atomic mass is 9.93. The maximum Gasteiger partial charge on any atom is 0.460 e. The zero-order chi connectivity index (χ0) is 61.3. The standard InChI is InChI=1S/C34H30F39N2Si/c1-2-3-8-74-10-11-75(16-74)9-4-12-76(13-5-17(35,36)20(41,42)23(47,48)26(53,54)29(59,60)32(65,66)67,14-6-18(37,38)21(43,44)24(49,50)27(55,56)30(61,62)33(68,69)70)15-7-19(39,40)22(45,46)25(51,52)28(57,58)31(63,64)34(71,72)73/h10-11,16H,2-9,12-15H2,1H3/q+1. The minimum absolute atomic E-state index is 0.0200. The van der Waals surface area contributed by atoms with E-state index < -0.39 is 172 Å². The van der Waals surface area contributed by atoms with Gasteiger partial charge in [-0.2, -0.15) is 171 Å². The van der Waals surface area contributed by atoms with Crippen molar-refractivity contribution >= 4 is 8.07 Å². The summed E-state index contributed by atoms with van der Waals surface area (Å²) in [5, 5.41) is 0. The van der Waals surface area contributed by atoms with Crippen molar-refractivity contribution in [3.63, 3.8) is 0 Å². The fourth-order valence-corrected chi connectivity index (χ4v) is 11.5. The summed E-state index contributed by atoms with van der Waals surface area (Å²) in [6.45, 7) is 0.400. The number of nitrogens with zero attached hydrogens (tertiary/aromatic N) is 2. The molecule has 0 radical (unpaired) electrons. The third-order valence-corrected chi connectivity index (χ3v) is 16.9. The normalized spacial score (nSPS) is 16.3. The van der Waals surface area contributed by atoms with Crippen molar-refractivity contribution in [2.75, 3.05) is 0 Å². The Morgan fingerprint density at radius 1 is 0.329 bits per heavy atom. The minimum atomic E-state index is -8.86. The third kappa shape index (κ3) is 11.5. The van der Waals surface area contributed by atoms with Crippen molar-refractivity contribution in [3.05, 3.63) is 18.7 Å². The molecule has 0 aliphatic rings. The van der Waals surface area contributed by atoms with Crippen LogP contribution in [0.3, 0.4) is 0 Å². The van der Waals surface area contributed by atoms with Gasteiger partial charge in [-0.05, 0) is 12.8 Å². The summed E-state index contributed by atoms with van der Waals surface area (Å²) in [7, 11) is -6.79. The molecular weight excluding hydrogens is 1210 g/mol. The van der Waals surface area contributed by atoms with E-state index in [4.69, 9.17) is 0 Å². The average molecular weight is 1240 g/mol. The van der Waals surface area contributed by atoms with Crippen molar-refractivity contribution in [1.82, 2.24) is 4.57 Å². The maximum atomic E-state index is 15.2. The minimum Gasteiger partial charge on any atom is -0.237 e. The van der Waals surface area contributed by atoms with Gasteiger partial charge in [0.15, 0.2) is 0 Å². The highest BCUT2D eigenvalue weighted by Gasteiger charge is 2.93. The molecule has 1 aromatic rings. The summed E-state index contributed by atoms with van der Waals surface area (Å²) in [4.78, 5) is 0. The van der Waals surface area contributed by atoms with Crippen LogP contribution in [-0.2, 0) is 13.1 Å². The van der Waals surface area contributed by atoms with E-state index in [1.807, 2.05) is 0 Å². The van der Waals surface area contributed by atoms with Gasteiger partial charge >= 0.3 is 107 Å². The van der Waals surface area contributed by atoms with Gasteiger partial charge in [-0.25, -0.2) is 9.13 Å². The predicted molar refractivity (Wildman–Crippen MR) is 175 cm³/mol. The molecular formula is C34H30F39N2Si+. The Labute approximate surface area is 397 Å². The van der Waals surface area contributed by atoms with Gasteiger partial charge in [0.2, 0.25) is 6.33 Å². The van der Waals surface area contributed by atoms with Gasteiger partial charge in [-0.3, -0.25) is 0 Å². The first-order valence-electron chi connectivity index (χ1n) is 19.8. The molecule has 0 aromatic carbocycles. The maximum absolute atomic E-state index is 15.2. The highest BCUT2D eigenvalue weighted by atomic mass is 28.3. The molecule has 1 aromatic heterocycles. The molecule has 0 bridgehead atoms. The topological polar surface area (TPSA) is 8.81 Å². The zero-order valence-corrected chi connectivity index (χ0v) is 37.4. The number of hydrogen-bond acceptors (Lipinski definition) is 0. The molecule has 0 N–H and O–H groups in total. The molecule has 0 amide bonds. The summed E-state index contributed by atoms with van der Waals surface area (Å²) >= 11 is 0. The highest BCUT2D eigenvalue weighted by molar-refractivity contribution is 6.79. The van der Waals surface area contributed by atoms with E-state index in [2.05, 4.69) is 0 Å². The first-order valence-corrected chi connectivity index (χ1v) is 22.6. The lowest BCUT2D eigenvalue weighted by molar-refractivity contribution is -0.696. The summed E-state index contributed by atoms with van der Waals surface area (Å²) in [5.41, 5.74) is 0. The number of halogens is 39. The van der Waals surface area contributed by atoms with Gasteiger partial charge in [0.25, 0.3) is 0 Å². The van der Waals surface area contributed by atoms with Crippen LogP contribution in [0.25, 0.3) is 0 Å². The molecule has 0 atom stereocenters. The van der Waals surface area contributed by atoms with Crippen LogP contribution >= 0.6 is 0 Å². The molecule has 452 valence electrons. The molecule has 0 aliphatic carbocycles. The van der Waals surface area contributed by atoms with Crippen molar-refractivity contribution in [1.29, 1.82) is 0 Å². The van der Waals surface area contributed by atoms with Crippen LogP contribution in [0.1, 0.15) is 45.4 Å². The summed E-state index contributed by atoms with van der Waals surface area (Å²) in [5.74, 6) is -127. The van der Waals surface area contributed by atoms with Gasteiger partial charge in [-0.1, -0.05) is 37.5 Å². The number of unbranched alkanes of at least 4 members (excludes halogenated alkanes) is 1. The van der Waals surface area contributed by atoms with Crippen molar-refractivity contribution < 1.29 is 176 Å². The van der Waals surface area contributed by atoms with E-state index in [1.165, 1.54) is 0 Å². The third-order valence-electron chi connectivity index (χ3n) is 11.5. The number of aryl methyl sites for hydroxylation is 2. The van der Waals surface area contributed by atoms with Crippen LogP contribution in [0.15, 0.2) is 18.7 Å². The molecule has 0 fully saturated rings. The quantitative estimate of drug-likeness (QED) is 0.0449. The van der Waals surface area contributed by atoms with Gasteiger partial charge < -0.3 is 0 Å². The Morgan fingerprint density at radius 3 is 0.816 bits per heavy atom. The Hall–Kier alpha value is -3.30. The zero-order valence-electron chi connectivity index (χ0n) is 36.4. The van der Waals surface area contributed by atoms with E-state index in [0.717, 1.165) is 23.3 Å². The molecule has 0 saturated carbocycles. The largest absolute Gasteiger partial charge is 0.460 e. The fourth-order valence-electron chi connectivity index (χ4n) is 6.57. The first-order chi connectivity index (χ1) is 32.9. The fraction of sp³-hybridized carbons (Fsp3) is 0.912. The molecule has 1 rings (SSSR count). The monoisotopic (exact) mass is 1240 g/mol. The van der Waals surface area contributed by atoms with E-state index >= 15 is 26.3 Å². The van der Waals surface area contributed by atoms with Gasteiger partial charge in [0.1, 0.15) is 12.4 Å². The van der Waals surface area contributed by atoms with Gasteiger partial charge in [0.05, 0.1) is 21.2 Å². The second kappa shape index (κ2) is 20.7. The van der Waals surface area contributed by atoms with Gasteiger partial charge in [0, 0.05) is 19.3 Å². The average Bonchev–Trinajstić information content (AvgIpc) is 3.68. The molecule has 42 heteroatoms. The van der Waals surface area contributed by atoms with Crippen LogP contribution in [-0.4, -0.2) is 120 Å². The van der Waals surface area contributed by atoms with Gasteiger partial charge in [-0.15, -0.1) is 0 Å². The molecule has 0 saturated heterocycles. The number of hydrogen-bond donors (Lipinski definition) is 0. The summed E-state index contributed by atoms with van der Waals surface area (Å²) in [6.07, 6.45) is -34.5. The number of alkyl halides is 39. The van der Waals surface area contributed by atoms with Crippen molar-refractivity contribution in [2.24, 2.45) is 0 Å². The number of imidazole rings is 1. The lowest BCUT2D eigenvalue weighted by Crippen LogP contribution is -2.70. The van der Waals surface area contributed by atoms with E-state index in [-0.39, 0.29) is 13.0 Å². The first kappa shape index (κ1) is 70.7. The second-order valence-corrected chi connectivity index (χ2v) is 21.8. The van der Waals surface area contributed by atoms with E-state index in [1.54, 1.807) is 6.92 Å². The van der Waals surface area contributed by atoms with Crippen LogP contribution < -0.4 is 4.57 Å². The molecule has 0 aliphatic heterocycles. The Kier molecular flexibility index (Phi) is 19.2. The molecule has 0 unspecified atom stereocenters. The predicted octanol–water partition coefficient (Wildman–Crippen LogP) is 16.8. The van der Waals surface area contributed by atoms with E-state index in [9.17, 15) is 145 Å². The van der Waals surface area contributed by atoms with Crippen molar-refractivity contribution in [3.8, 4) is 0 Å². The van der Waals surface area contributed by atoms with Crippen LogP contribution in [0.2, 0.25) is 24.2 Å². The van der Waals surface area contributed by atoms with Crippen LogP contribution in [0.5, 0.6) is 0 Å². The van der Waals surface area contributed by atoms with Crippen molar-refractivity contribution in [2.45, 2.75) is 190 Å². The lowest BCUT2D eigenvalue weighted by Gasteiger charge is -2.43. The Bertz CT molecular complexity index is 1890. The molecule has 1 heterocycles. The van der Waals surface area contributed by atoms with E-state index in [0.29, 0.717) is 11.0 Å². The van der Waals surface area contributed by atoms with Crippen LogP contribution in [0.4, 0.5) is 171 Å².